The molecule has 3 N–H and O–H groups in total. The van der Waals surface area contributed by atoms with Gasteiger partial charge in [-0.1, -0.05) is 0 Å². The number of urea groups is 1. The Balaban J connectivity index is 1.74. The first-order valence-electron chi connectivity index (χ1n) is 8.66. The van der Waals surface area contributed by atoms with Gasteiger partial charge in [0.05, 0.1) is 24.9 Å². The number of pyridine rings is 1. The molecule has 3 rings (SSSR count). The summed E-state index contributed by atoms with van der Waals surface area (Å²) in [7, 11) is 1.50. The zero-order valence-corrected chi connectivity index (χ0v) is 14.9. The number of nitrogens with one attached hydrogen (secondary N) is 1. The van der Waals surface area contributed by atoms with Crippen LogP contribution in [0.4, 0.5) is 4.79 Å². The molecule has 0 aliphatic carbocycles. The topological polar surface area (TPSA) is 118 Å². The van der Waals surface area contributed by atoms with E-state index in [0.717, 1.165) is 6.42 Å². The van der Waals surface area contributed by atoms with Crippen LogP contribution in [0.1, 0.15) is 41.4 Å². The molecule has 140 valence electrons. The van der Waals surface area contributed by atoms with Crippen molar-refractivity contribution in [1.29, 1.82) is 0 Å². The molecule has 3 heterocycles. The lowest BCUT2D eigenvalue weighted by Gasteiger charge is -2.22. The van der Waals surface area contributed by atoms with Gasteiger partial charge >= 0.3 is 6.03 Å². The minimum atomic E-state index is -0.593. The number of hydrogen-bond donors (Lipinski definition) is 2. The van der Waals surface area contributed by atoms with E-state index in [1.54, 1.807) is 11.0 Å². The summed E-state index contributed by atoms with van der Waals surface area (Å²) in [5.74, 6) is 0.0410. The summed E-state index contributed by atoms with van der Waals surface area (Å²) in [6, 6.07) is 0.572. The summed E-state index contributed by atoms with van der Waals surface area (Å²) >= 11 is 0. The van der Waals surface area contributed by atoms with Crippen LogP contribution in [0.2, 0.25) is 0 Å². The predicted molar refractivity (Wildman–Crippen MR) is 92.4 cm³/mol. The molecule has 9 nitrogen and oxygen atoms in total. The van der Waals surface area contributed by atoms with E-state index in [1.165, 1.54) is 12.0 Å². The van der Waals surface area contributed by atoms with Crippen LogP contribution in [0, 0.1) is 0 Å². The minimum absolute atomic E-state index is 0.0686. The molecule has 1 unspecified atom stereocenters. The van der Waals surface area contributed by atoms with Crippen molar-refractivity contribution in [3.8, 4) is 5.88 Å². The predicted octanol–water partition coefficient (Wildman–Crippen LogP) is 0.225. The maximum Gasteiger partial charge on any atom is 0.315 e. The number of nitrogens with zero attached hydrogens (tertiary/aromatic N) is 3. The fraction of sp³-hybridized carbons (Fsp3) is 0.529. The quantitative estimate of drug-likeness (QED) is 0.778. The van der Waals surface area contributed by atoms with Crippen LogP contribution in [0.15, 0.2) is 6.07 Å². The van der Waals surface area contributed by atoms with Gasteiger partial charge in [-0.25, -0.2) is 9.78 Å². The lowest BCUT2D eigenvalue weighted by atomic mass is 10.1. The van der Waals surface area contributed by atoms with Crippen molar-refractivity contribution >= 4 is 17.8 Å². The summed E-state index contributed by atoms with van der Waals surface area (Å²) in [6.07, 6.45) is 1.32. The second-order valence-electron chi connectivity index (χ2n) is 6.38. The molecule has 2 aliphatic rings. The van der Waals surface area contributed by atoms with Gasteiger partial charge in [-0.05, 0) is 25.8 Å². The zero-order valence-electron chi connectivity index (χ0n) is 14.9. The number of amides is 4. The van der Waals surface area contributed by atoms with Gasteiger partial charge in [0.2, 0.25) is 11.8 Å². The highest BCUT2D eigenvalue weighted by molar-refractivity contribution is 5.98. The van der Waals surface area contributed by atoms with Crippen LogP contribution in [-0.2, 0) is 17.9 Å². The van der Waals surface area contributed by atoms with Crippen LogP contribution in [-0.4, -0.2) is 58.9 Å². The number of fused-ring (bicyclic) bond motifs is 1. The SMILES string of the molecule is CCN1Cc2nc(OC)c(CNC(=O)C3CCCN3C(N)=O)cc2C1=O. The Morgan fingerprint density at radius 3 is 2.88 bits per heavy atom. The fourth-order valence-electron chi connectivity index (χ4n) is 3.46. The lowest BCUT2D eigenvalue weighted by molar-refractivity contribution is -0.124. The highest BCUT2D eigenvalue weighted by Gasteiger charge is 2.33. The molecule has 0 bridgehead atoms. The number of hydrogen-bond acceptors (Lipinski definition) is 5. The number of ether oxygens (including phenoxy) is 1. The van der Waals surface area contributed by atoms with E-state index < -0.39 is 12.1 Å². The molecule has 26 heavy (non-hydrogen) atoms. The van der Waals surface area contributed by atoms with E-state index in [-0.39, 0.29) is 18.4 Å². The van der Waals surface area contributed by atoms with Crippen LogP contribution in [0.5, 0.6) is 5.88 Å². The van der Waals surface area contributed by atoms with Crippen LogP contribution in [0.25, 0.3) is 0 Å². The van der Waals surface area contributed by atoms with Crippen molar-refractivity contribution in [2.24, 2.45) is 5.73 Å². The number of primary amides is 1. The zero-order chi connectivity index (χ0) is 18.8. The van der Waals surface area contributed by atoms with E-state index in [9.17, 15) is 14.4 Å². The third-order valence-electron chi connectivity index (χ3n) is 4.87. The first-order chi connectivity index (χ1) is 12.5. The van der Waals surface area contributed by atoms with E-state index >= 15 is 0 Å². The van der Waals surface area contributed by atoms with Crippen LogP contribution < -0.4 is 15.8 Å². The molecule has 9 heteroatoms. The van der Waals surface area contributed by atoms with E-state index in [2.05, 4.69) is 10.3 Å². The third kappa shape index (κ3) is 3.16. The van der Waals surface area contributed by atoms with E-state index in [1.807, 2.05) is 6.92 Å². The molecule has 4 amide bonds. The van der Waals surface area contributed by atoms with Crippen molar-refractivity contribution in [1.82, 2.24) is 20.1 Å². The lowest BCUT2D eigenvalue weighted by Crippen LogP contribution is -2.47. The Labute approximate surface area is 151 Å². The van der Waals surface area contributed by atoms with Crippen LogP contribution >= 0.6 is 0 Å². The maximum absolute atomic E-state index is 12.4. The van der Waals surface area contributed by atoms with Crippen molar-refractivity contribution < 1.29 is 19.1 Å². The summed E-state index contributed by atoms with van der Waals surface area (Å²) in [5, 5.41) is 2.80. The van der Waals surface area contributed by atoms with Crippen molar-refractivity contribution in [2.75, 3.05) is 20.2 Å². The van der Waals surface area contributed by atoms with Gasteiger partial charge in [0.15, 0.2) is 0 Å². The monoisotopic (exact) mass is 361 g/mol. The number of rotatable bonds is 5. The second kappa shape index (κ2) is 7.19. The van der Waals surface area contributed by atoms with Gasteiger partial charge in [0.25, 0.3) is 5.91 Å². The number of carbonyl (C=O) groups is 3. The van der Waals surface area contributed by atoms with Gasteiger partial charge < -0.3 is 25.6 Å². The maximum atomic E-state index is 12.4. The van der Waals surface area contributed by atoms with Gasteiger partial charge in [-0.3, -0.25) is 9.59 Å². The summed E-state index contributed by atoms with van der Waals surface area (Å²) in [6.45, 7) is 3.62. The second-order valence-corrected chi connectivity index (χ2v) is 6.38. The Bertz CT molecular complexity index is 751. The molecule has 1 saturated heterocycles. The van der Waals surface area contributed by atoms with Gasteiger partial charge in [0.1, 0.15) is 6.04 Å². The molecular weight excluding hydrogens is 338 g/mol. The molecule has 1 fully saturated rings. The molecule has 0 saturated carbocycles. The van der Waals surface area contributed by atoms with Gasteiger partial charge in [-0.15, -0.1) is 0 Å². The van der Waals surface area contributed by atoms with Gasteiger partial charge in [0, 0.05) is 25.2 Å². The van der Waals surface area contributed by atoms with Crippen molar-refractivity contribution in [3.63, 3.8) is 0 Å². The Hall–Kier alpha value is -2.84. The molecule has 1 atom stereocenters. The Kier molecular flexibility index (Phi) is 4.97. The van der Waals surface area contributed by atoms with Crippen molar-refractivity contribution in [3.05, 3.63) is 22.9 Å². The number of nitrogens with two attached hydrogens (primary N) is 1. The molecule has 0 aromatic carbocycles. The average molecular weight is 361 g/mol. The van der Waals surface area contributed by atoms with Gasteiger partial charge in [-0.2, -0.15) is 0 Å². The third-order valence-corrected chi connectivity index (χ3v) is 4.87. The summed E-state index contributed by atoms with van der Waals surface area (Å²) < 4.78 is 5.32. The number of carbonyl (C=O) groups excluding carboxylic acids is 3. The first kappa shape index (κ1) is 18.0. The molecule has 1 aromatic rings. The van der Waals surface area contributed by atoms with Crippen molar-refractivity contribution in [2.45, 2.75) is 38.9 Å². The average Bonchev–Trinajstić information content (AvgIpc) is 3.24. The molecule has 1 aromatic heterocycles. The fourth-order valence-corrected chi connectivity index (χ4v) is 3.46. The molecular formula is C17H23N5O4. The Morgan fingerprint density at radius 1 is 1.46 bits per heavy atom. The number of methoxy groups -OCH3 is 1. The highest BCUT2D eigenvalue weighted by Crippen LogP contribution is 2.27. The molecule has 2 aliphatic heterocycles. The summed E-state index contributed by atoms with van der Waals surface area (Å²) in [4.78, 5) is 43.7. The number of aromatic nitrogens is 1. The summed E-state index contributed by atoms with van der Waals surface area (Å²) in [5.41, 5.74) is 7.16. The normalized spacial score (nSPS) is 18.8. The molecule has 0 radical (unpaired) electrons. The van der Waals surface area contributed by atoms with E-state index in [4.69, 9.17) is 10.5 Å². The minimum Gasteiger partial charge on any atom is -0.481 e. The highest BCUT2D eigenvalue weighted by atomic mass is 16.5. The number of likely N-dealkylation sites (tertiary alicyclic amines) is 1. The first-order valence-corrected chi connectivity index (χ1v) is 8.66. The smallest absolute Gasteiger partial charge is 0.315 e. The van der Waals surface area contributed by atoms with E-state index in [0.29, 0.717) is 48.8 Å². The Morgan fingerprint density at radius 2 is 2.23 bits per heavy atom. The standard InChI is InChI=1S/C17H23N5O4/c1-3-21-9-12-11(16(21)24)7-10(15(20-12)26-2)8-19-14(23)13-5-4-6-22(13)17(18)25/h7,13H,3-6,8-9H2,1-2H3,(H2,18,25)(H,19,23). The largest absolute Gasteiger partial charge is 0.481 e. The van der Waals surface area contributed by atoms with Crippen LogP contribution in [0.3, 0.4) is 0 Å². The molecule has 0 spiro atoms.